The molecule has 0 radical (unpaired) electrons. The zero-order valence-corrected chi connectivity index (χ0v) is 15.6. The standard InChI is InChI=1S/C24H31N/c1-2-3-4-5-6-7-8-9-15-21-20-14-11-10-13-19(20)18-23-22(21)16-12-17-24(23)25/h10-14,16-18H,2-9,15,25H2,1H3. The van der Waals surface area contributed by atoms with E-state index in [4.69, 9.17) is 5.73 Å². The lowest BCUT2D eigenvalue weighted by atomic mass is 9.92. The Morgan fingerprint density at radius 2 is 1.36 bits per heavy atom. The van der Waals surface area contributed by atoms with Crippen LogP contribution in [0.4, 0.5) is 5.69 Å². The summed E-state index contributed by atoms with van der Waals surface area (Å²) in [7, 11) is 0. The number of unbranched alkanes of at least 4 members (excludes halogenated alkanes) is 7. The summed E-state index contributed by atoms with van der Waals surface area (Å²) >= 11 is 0. The van der Waals surface area contributed by atoms with Crippen molar-refractivity contribution in [2.45, 2.75) is 64.7 Å². The van der Waals surface area contributed by atoms with Crippen LogP contribution >= 0.6 is 0 Å². The van der Waals surface area contributed by atoms with E-state index in [9.17, 15) is 0 Å². The third-order valence-electron chi connectivity index (χ3n) is 5.33. The minimum absolute atomic E-state index is 0.889. The normalized spacial score (nSPS) is 11.4. The molecule has 25 heavy (non-hydrogen) atoms. The van der Waals surface area contributed by atoms with Crippen molar-refractivity contribution in [1.82, 2.24) is 0 Å². The monoisotopic (exact) mass is 333 g/mol. The molecular weight excluding hydrogens is 302 g/mol. The molecule has 0 unspecified atom stereocenters. The van der Waals surface area contributed by atoms with Gasteiger partial charge in [0.2, 0.25) is 0 Å². The molecule has 0 amide bonds. The minimum atomic E-state index is 0.889. The second-order valence-electron chi connectivity index (χ2n) is 7.24. The smallest absolute Gasteiger partial charge is 0.0394 e. The maximum absolute atomic E-state index is 6.25. The average Bonchev–Trinajstić information content (AvgIpc) is 2.64. The Hall–Kier alpha value is -2.02. The molecule has 2 N–H and O–H groups in total. The highest BCUT2D eigenvalue weighted by Crippen LogP contribution is 2.32. The highest BCUT2D eigenvalue weighted by Gasteiger charge is 2.09. The highest BCUT2D eigenvalue weighted by molar-refractivity contribution is 6.06. The molecule has 1 heteroatoms. The Bertz CT molecular complexity index is 819. The van der Waals surface area contributed by atoms with Crippen molar-refractivity contribution in [3.8, 4) is 0 Å². The van der Waals surface area contributed by atoms with Gasteiger partial charge in [-0.25, -0.2) is 0 Å². The van der Waals surface area contributed by atoms with Gasteiger partial charge in [-0.3, -0.25) is 0 Å². The molecule has 132 valence electrons. The van der Waals surface area contributed by atoms with E-state index in [0.717, 1.165) is 12.1 Å². The van der Waals surface area contributed by atoms with E-state index in [1.807, 2.05) is 6.07 Å². The van der Waals surface area contributed by atoms with Gasteiger partial charge in [0.05, 0.1) is 0 Å². The summed E-state index contributed by atoms with van der Waals surface area (Å²) < 4.78 is 0. The van der Waals surface area contributed by atoms with Gasteiger partial charge >= 0.3 is 0 Å². The predicted molar refractivity (Wildman–Crippen MR) is 112 cm³/mol. The van der Waals surface area contributed by atoms with Crippen LogP contribution in [-0.2, 0) is 6.42 Å². The second kappa shape index (κ2) is 8.89. The van der Waals surface area contributed by atoms with Gasteiger partial charge in [0.1, 0.15) is 0 Å². The molecule has 0 fully saturated rings. The van der Waals surface area contributed by atoms with E-state index in [2.05, 4.69) is 49.4 Å². The molecule has 3 aromatic carbocycles. The van der Waals surface area contributed by atoms with Crippen LogP contribution in [0.2, 0.25) is 0 Å². The molecule has 3 rings (SSSR count). The van der Waals surface area contributed by atoms with Crippen LogP contribution < -0.4 is 5.73 Å². The molecule has 3 aromatic rings. The fourth-order valence-electron chi connectivity index (χ4n) is 3.91. The van der Waals surface area contributed by atoms with E-state index >= 15 is 0 Å². The summed E-state index contributed by atoms with van der Waals surface area (Å²) in [5.41, 5.74) is 8.62. The SMILES string of the molecule is CCCCCCCCCCc1c2ccccc2cc2c(N)cccc12. The first kappa shape index (κ1) is 17.8. The van der Waals surface area contributed by atoms with Gasteiger partial charge in [-0.1, -0.05) is 88.3 Å². The van der Waals surface area contributed by atoms with Crippen LogP contribution in [0.3, 0.4) is 0 Å². The molecule has 0 aliphatic rings. The molecule has 0 spiro atoms. The first-order valence-corrected chi connectivity index (χ1v) is 10.00. The Kier molecular flexibility index (Phi) is 6.33. The quantitative estimate of drug-likeness (QED) is 0.249. The number of benzene rings is 3. The second-order valence-corrected chi connectivity index (χ2v) is 7.24. The fourth-order valence-corrected chi connectivity index (χ4v) is 3.91. The zero-order chi connectivity index (χ0) is 17.5. The molecule has 0 heterocycles. The van der Waals surface area contributed by atoms with Gasteiger partial charge in [0, 0.05) is 11.1 Å². The van der Waals surface area contributed by atoms with Gasteiger partial charge in [0.15, 0.2) is 0 Å². The van der Waals surface area contributed by atoms with Crippen molar-refractivity contribution in [3.05, 3.63) is 54.1 Å². The summed E-state index contributed by atoms with van der Waals surface area (Å²) in [4.78, 5) is 0. The minimum Gasteiger partial charge on any atom is -0.398 e. The van der Waals surface area contributed by atoms with E-state index in [0.29, 0.717) is 0 Å². The van der Waals surface area contributed by atoms with Gasteiger partial charge in [0.25, 0.3) is 0 Å². The molecule has 0 atom stereocenters. The number of nitrogen functional groups attached to an aromatic ring is 1. The number of rotatable bonds is 9. The fraction of sp³-hybridized carbons (Fsp3) is 0.417. The van der Waals surface area contributed by atoms with Crippen molar-refractivity contribution < 1.29 is 0 Å². The van der Waals surface area contributed by atoms with Gasteiger partial charge in [-0.05, 0) is 46.7 Å². The lowest BCUT2D eigenvalue weighted by molar-refractivity contribution is 0.576. The van der Waals surface area contributed by atoms with Gasteiger partial charge in [-0.15, -0.1) is 0 Å². The van der Waals surface area contributed by atoms with E-state index in [1.165, 1.54) is 78.5 Å². The molecule has 0 aliphatic carbocycles. The molecule has 1 nitrogen and oxygen atoms in total. The van der Waals surface area contributed by atoms with Crippen LogP contribution in [-0.4, -0.2) is 0 Å². The van der Waals surface area contributed by atoms with Crippen LogP contribution in [0.15, 0.2) is 48.5 Å². The van der Waals surface area contributed by atoms with Crippen LogP contribution in [0.5, 0.6) is 0 Å². The van der Waals surface area contributed by atoms with Crippen LogP contribution in [0.1, 0.15) is 63.9 Å². The first-order chi connectivity index (χ1) is 12.3. The summed E-state index contributed by atoms with van der Waals surface area (Å²) in [6.07, 6.45) is 12.0. The molecule has 0 saturated carbocycles. The maximum Gasteiger partial charge on any atom is 0.0394 e. The number of hydrogen-bond donors (Lipinski definition) is 1. The van der Waals surface area contributed by atoms with Gasteiger partial charge < -0.3 is 5.73 Å². The number of nitrogens with two attached hydrogens (primary N) is 1. The Morgan fingerprint density at radius 3 is 2.16 bits per heavy atom. The van der Waals surface area contributed by atoms with Crippen molar-refractivity contribution in [2.24, 2.45) is 0 Å². The highest BCUT2D eigenvalue weighted by atomic mass is 14.5. The third kappa shape index (κ3) is 4.34. The summed E-state index contributed by atoms with van der Waals surface area (Å²) in [6.45, 7) is 2.28. The number of hydrogen-bond acceptors (Lipinski definition) is 1. The van der Waals surface area contributed by atoms with Crippen molar-refractivity contribution in [2.75, 3.05) is 5.73 Å². The first-order valence-electron chi connectivity index (χ1n) is 10.00. The number of aryl methyl sites for hydroxylation is 1. The Balaban J connectivity index is 1.72. The zero-order valence-electron chi connectivity index (χ0n) is 15.6. The van der Waals surface area contributed by atoms with Crippen LogP contribution in [0.25, 0.3) is 21.5 Å². The lowest BCUT2D eigenvalue weighted by Gasteiger charge is -2.13. The Labute approximate surface area is 152 Å². The van der Waals surface area contributed by atoms with Crippen molar-refractivity contribution in [3.63, 3.8) is 0 Å². The lowest BCUT2D eigenvalue weighted by Crippen LogP contribution is -1.94. The van der Waals surface area contributed by atoms with Crippen LogP contribution in [0, 0.1) is 0 Å². The average molecular weight is 334 g/mol. The summed E-state index contributed by atoms with van der Waals surface area (Å²) in [5.74, 6) is 0. The van der Waals surface area contributed by atoms with Crippen molar-refractivity contribution >= 4 is 27.2 Å². The number of anilines is 1. The summed E-state index contributed by atoms with van der Waals surface area (Å²) in [5, 5.41) is 5.24. The largest absolute Gasteiger partial charge is 0.398 e. The number of fused-ring (bicyclic) bond motifs is 2. The third-order valence-corrected chi connectivity index (χ3v) is 5.33. The molecule has 0 aliphatic heterocycles. The Morgan fingerprint density at radius 1 is 0.680 bits per heavy atom. The topological polar surface area (TPSA) is 26.0 Å². The van der Waals surface area contributed by atoms with E-state index < -0.39 is 0 Å². The van der Waals surface area contributed by atoms with E-state index in [1.54, 1.807) is 0 Å². The molecule has 0 aromatic heterocycles. The van der Waals surface area contributed by atoms with E-state index in [-0.39, 0.29) is 0 Å². The summed E-state index contributed by atoms with van der Waals surface area (Å²) in [6, 6.07) is 17.3. The molecule has 0 saturated heterocycles. The predicted octanol–water partition coefficient (Wildman–Crippen LogP) is 7.26. The van der Waals surface area contributed by atoms with Crippen molar-refractivity contribution in [1.29, 1.82) is 0 Å². The molecule has 0 bridgehead atoms. The maximum atomic E-state index is 6.25. The van der Waals surface area contributed by atoms with Gasteiger partial charge in [-0.2, -0.15) is 0 Å². The molecular formula is C24H31N.